The number of thioether (sulfide) groups is 1. The Labute approximate surface area is 176 Å². The maximum Gasteiger partial charge on any atom is 0.236 e. The van der Waals surface area contributed by atoms with E-state index in [1.54, 1.807) is 6.08 Å². The van der Waals surface area contributed by atoms with Crippen LogP contribution >= 0.6 is 34.4 Å². The number of nitrogens with one attached hydrogen (secondary N) is 2. The van der Waals surface area contributed by atoms with Crippen molar-refractivity contribution < 1.29 is 4.79 Å². The van der Waals surface area contributed by atoms with Crippen LogP contribution in [0.4, 0.5) is 10.3 Å². The number of anilines is 2. The van der Waals surface area contributed by atoms with Crippen LogP contribution in [0.1, 0.15) is 16.7 Å². The van der Waals surface area contributed by atoms with Crippen molar-refractivity contribution in [3.05, 3.63) is 46.9 Å². The fraction of sp³-hybridized carbons (Fsp3) is 0.263. The van der Waals surface area contributed by atoms with Gasteiger partial charge in [-0.1, -0.05) is 46.9 Å². The molecule has 0 bridgehead atoms. The molecule has 0 aliphatic carbocycles. The molecule has 3 aromatic rings. The van der Waals surface area contributed by atoms with Gasteiger partial charge >= 0.3 is 0 Å². The minimum atomic E-state index is -0.112. The number of aryl methyl sites for hydroxylation is 3. The van der Waals surface area contributed by atoms with E-state index in [0.29, 0.717) is 11.7 Å². The zero-order chi connectivity index (χ0) is 20.1. The van der Waals surface area contributed by atoms with Gasteiger partial charge < -0.3 is 10.6 Å². The summed E-state index contributed by atoms with van der Waals surface area (Å²) in [6.45, 7) is 10.5. The molecule has 2 N–H and O–H groups in total. The summed E-state index contributed by atoms with van der Waals surface area (Å²) in [6, 6.07) is 4.30. The molecule has 0 fully saturated rings. The first-order valence-electron chi connectivity index (χ1n) is 8.61. The van der Waals surface area contributed by atoms with Gasteiger partial charge in [0.1, 0.15) is 0 Å². The van der Waals surface area contributed by atoms with E-state index >= 15 is 0 Å². The van der Waals surface area contributed by atoms with Gasteiger partial charge in [-0.3, -0.25) is 4.79 Å². The first kappa shape index (κ1) is 20.5. The number of thiazole rings is 1. The molecule has 1 amide bonds. The second kappa shape index (κ2) is 9.31. The topological polar surface area (TPSA) is 79.8 Å². The summed E-state index contributed by atoms with van der Waals surface area (Å²) in [5.74, 6) is 0.146. The first-order valence-corrected chi connectivity index (χ1v) is 11.3. The molecule has 0 atom stereocenters. The van der Waals surface area contributed by atoms with Gasteiger partial charge in [0, 0.05) is 17.5 Å². The number of carbonyl (C=O) groups is 1. The van der Waals surface area contributed by atoms with E-state index in [1.165, 1.54) is 51.1 Å². The molecule has 146 valence electrons. The van der Waals surface area contributed by atoms with Crippen LogP contribution in [0, 0.1) is 20.8 Å². The summed E-state index contributed by atoms with van der Waals surface area (Å²) >= 11 is 4.20. The largest absolute Gasteiger partial charge is 0.357 e. The molecule has 6 nitrogen and oxygen atoms in total. The molecular formula is C19H21N5OS3. The van der Waals surface area contributed by atoms with E-state index in [2.05, 4.69) is 65.3 Å². The van der Waals surface area contributed by atoms with Gasteiger partial charge in [-0.05, 0) is 31.9 Å². The molecule has 2 heterocycles. The van der Waals surface area contributed by atoms with E-state index in [4.69, 9.17) is 0 Å². The lowest BCUT2D eigenvalue weighted by molar-refractivity contribution is -0.113. The van der Waals surface area contributed by atoms with Crippen molar-refractivity contribution in [2.24, 2.45) is 0 Å². The summed E-state index contributed by atoms with van der Waals surface area (Å²) < 4.78 is 0.743. The maximum absolute atomic E-state index is 12.3. The van der Waals surface area contributed by atoms with Crippen LogP contribution < -0.4 is 10.6 Å². The molecular weight excluding hydrogens is 410 g/mol. The number of aromatic nitrogens is 3. The average molecular weight is 432 g/mol. The predicted octanol–water partition coefficient (Wildman–Crippen LogP) is 4.92. The van der Waals surface area contributed by atoms with E-state index in [-0.39, 0.29) is 11.7 Å². The SMILES string of the molecule is C=CCNc1nnc(SCC(=O)Nc2nc(-c3c(C)cc(C)cc3C)cs2)s1. The molecule has 1 aromatic carbocycles. The predicted molar refractivity (Wildman–Crippen MR) is 120 cm³/mol. The molecule has 28 heavy (non-hydrogen) atoms. The molecule has 0 aliphatic heterocycles. The standard InChI is InChI=1S/C19H21N5OS3/c1-5-6-20-17-23-24-19(28-17)27-10-15(25)22-18-21-14(9-26-18)16-12(3)7-11(2)8-13(16)4/h5,7-9H,1,6,10H2,2-4H3,(H,20,23)(H,21,22,25). The number of rotatable bonds is 8. The van der Waals surface area contributed by atoms with Crippen LogP contribution in [0.2, 0.25) is 0 Å². The molecule has 0 aliphatic rings. The van der Waals surface area contributed by atoms with Crippen molar-refractivity contribution in [1.29, 1.82) is 0 Å². The third-order valence-corrected chi connectivity index (χ3v) is 6.59. The van der Waals surface area contributed by atoms with Crippen LogP contribution in [0.5, 0.6) is 0 Å². The monoisotopic (exact) mass is 431 g/mol. The van der Waals surface area contributed by atoms with Gasteiger partial charge in [-0.2, -0.15) is 0 Å². The van der Waals surface area contributed by atoms with Crippen molar-refractivity contribution in [1.82, 2.24) is 15.2 Å². The van der Waals surface area contributed by atoms with Gasteiger partial charge in [0.2, 0.25) is 11.0 Å². The highest BCUT2D eigenvalue weighted by atomic mass is 32.2. The minimum Gasteiger partial charge on any atom is -0.357 e. The normalized spacial score (nSPS) is 10.7. The average Bonchev–Trinajstić information content (AvgIpc) is 3.27. The van der Waals surface area contributed by atoms with E-state index < -0.39 is 0 Å². The van der Waals surface area contributed by atoms with Gasteiger partial charge in [0.15, 0.2) is 9.47 Å². The van der Waals surface area contributed by atoms with Crippen molar-refractivity contribution in [3.63, 3.8) is 0 Å². The zero-order valence-electron chi connectivity index (χ0n) is 15.9. The molecule has 2 aromatic heterocycles. The minimum absolute atomic E-state index is 0.112. The number of hydrogen-bond acceptors (Lipinski definition) is 8. The van der Waals surface area contributed by atoms with E-state index in [0.717, 1.165) is 20.7 Å². The fourth-order valence-corrected chi connectivity index (χ4v) is 5.09. The van der Waals surface area contributed by atoms with Crippen LogP contribution in [-0.4, -0.2) is 33.4 Å². The van der Waals surface area contributed by atoms with E-state index in [9.17, 15) is 4.79 Å². The summed E-state index contributed by atoms with van der Waals surface area (Å²) in [6.07, 6.45) is 1.75. The van der Waals surface area contributed by atoms with Crippen LogP contribution in [0.15, 0.2) is 34.5 Å². The van der Waals surface area contributed by atoms with Gasteiger partial charge in [0.05, 0.1) is 11.4 Å². The Kier molecular flexibility index (Phi) is 6.82. The first-order chi connectivity index (χ1) is 13.5. The van der Waals surface area contributed by atoms with Crippen molar-refractivity contribution in [2.75, 3.05) is 22.9 Å². The van der Waals surface area contributed by atoms with E-state index in [1.807, 2.05) is 5.38 Å². The number of carbonyl (C=O) groups excluding carboxylic acids is 1. The third kappa shape index (κ3) is 5.18. The highest BCUT2D eigenvalue weighted by Crippen LogP contribution is 2.31. The Morgan fingerprint density at radius 1 is 1.21 bits per heavy atom. The Morgan fingerprint density at radius 3 is 2.68 bits per heavy atom. The number of nitrogens with zero attached hydrogens (tertiary/aromatic N) is 3. The lowest BCUT2D eigenvalue weighted by Gasteiger charge is -2.08. The highest BCUT2D eigenvalue weighted by Gasteiger charge is 2.13. The lowest BCUT2D eigenvalue weighted by Crippen LogP contribution is -2.13. The second-order valence-electron chi connectivity index (χ2n) is 6.19. The van der Waals surface area contributed by atoms with Crippen molar-refractivity contribution in [3.8, 4) is 11.3 Å². The molecule has 3 rings (SSSR count). The smallest absolute Gasteiger partial charge is 0.236 e. The summed E-state index contributed by atoms with van der Waals surface area (Å²) in [5, 5.41) is 17.3. The van der Waals surface area contributed by atoms with Gasteiger partial charge in [-0.15, -0.1) is 28.1 Å². The Morgan fingerprint density at radius 2 is 1.96 bits per heavy atom. The maximum atomic E-state index is 12.3. The summed E-state index contributed by atoms with van der Waals surface area (Å²) in [7, 11) is 0. The second-order valence-corrected chi connectivity index (χ2v) is 9.25. The fourth-order valence-electron chi connectivity index (χ4n) is 2.81. The van der Waals surface area contributed by atoms with Crippen molar-refractivity contribution >= 4 is 50.6 Å². The van der Waals surface area contributed by atoms with Crippen LogP contribution in [0.25, 0.3) is 11.3 Å². The lowest BCUT2D eigenvalue weighted by atomic mass is 9.98. The molecule has 0 radical (unpaired) electrons. The third-order valence-electron chi connectivity index (χ3n) is 3.81. The number of hydrogen-bond donors (Lipinski definition) is 2. The number of amides is 1. The Bertz CT molecular complexity index is 972. The quantitative estimate of drug-likeness (QED) is 0.389. The zero-order valence-corrected chi connectivity index (χ0v) is 18.4. The Hall–Kier alpha value is -2.23. The molecule has 0 unspecified atom stereocenters. The molecule has 0 saturated heterocycles. The van der Waals surface area contributed by atoms with Gasteiger partial charge in [-0.25, -0.2) is 4.98 Å². The molecule has 0 spiro atoms. The molecule has 9 heteroatoms. The van der Waals surface area contributed by atoms with Gasteiger partial charge in [0.25, 0.3) is 0 Å². The summed E-state index contributed by atoms with van der Waals surface area (Å²) in [5.41, 5.74) is 5.64. The van der Waals surface area contributed by atoms with Crippen molar-refractivity contribution in [2.45, 2.75) is 25.1 Å². The number of benzene rings is 1. The van der Waals surface area contributed by atoms with Crippen LogP contribution in [-0.2, 0) is 4.79 Å². The summed E-state index contributed by atoms with van der Waals surface area (Å²) in [4.78, 5) is 16.8. The van der Waals surface area contributed by atoms with Crippen LogP contribution in [0.3, 0.4) is 0 Å². The molecule has 0 saturated carbocycles. The Balaban J connectivity index is 1.58. The highest BCUT2D eigenvalue weighted by molar-refractivity contribution is 8.01.